The number of carbonyl (C=O) groups excluding carboxylic acids is 2. The Labute approximate surface area is 149 Å². The fourth-order valence-corrected chi connectivity index (χ4v) is 2.42. The van der Waals surface area contributed by atoms with Crippen LogP contribution in [0.2, 0.25) is 0 Å². The Hall–Kier alpha value is -2.34. The van der Waals surface area contributed by atoms with Gasteiger partial charge in [0.1, 0.15) is 5.75 Å². The molecule has 0 saturated carbocycles. The minimum atomic E-state index is -0.231. The lowest BCUT2D eigenvalue weighted by molar-refractivity contribution is -0.123. The van der Waals surface area contributed by atoms with Gasteiger partial charge in [0.25, 0.3) is 11.8 Å². The molecule has 0 aliphatic carbocycles. The van der Waals surface area contributed by atoms with Crippen molar-refractivity contribution in [1.82, 2.24) is 10.6 Å². The number of hydrogen-bond donors (Lipinski definition) is 2. The normalized spacial score (nSPS) is 10.1. The van der Waals surface area contributed by atoms with E-state index in [1.54, 1.807) is 18.2 Å². The zero-order chi connectivity index (χ0) is 17.4. The van der Waals surface area contributed by atoms with E-state index in [9.17, 15) is 9.59 Å². The van der Waals surface area contributed by atoms with E-state index >= 15 is 0 Å². The lowest BCUT2D eigenvalue weighted by Gasteiger charge is -2.09. The van der Waals surface area contributed by atoms with Crippen LogP contribution in [0.3, 0.4) is 0 Å². The van der Waals surface area contributed by atoms with Gasteiger partial charge in [-0.05, 0) is 47.1 Å². The average molecular weight is 391 g/mol. The average Bonchev–Trinajstić information content (AvgIpc) is 2.58. The topological polar surface area (TPSA) is 67.4 Å². The van der Waals surface area contributed by atoms with Crippen molar-refractivity contribution in [2.45, 2.75) is 6.92 Å². The predicted molar refractivity (Wildman–Crippen MR) is 96.2 cm³/mol. The maximum atomic E-state index is 12.0. The lowest BCUT2D eigenvalue weighted by atomic mass is 10.2. The molecular formula is C18H19BrN2O3. The van der Waals surface area contributed by atoms with Gasteiger partial charge in [-0.25, -0.2) is 0 Å². The molecule has 0 aliphatic heterocycles. The zero-order valence-corrected chi connectivity index (χ0v) is 14.9. The van der Waals surface area contributed by atoms with Crippen molar-refractivity contribution < 1.29 is 14.3 Å². The van der Waals surface area contributed by atoms with Gasteiger partial charge in [0.2, 0.25) is 0 Å². The highest BCUT2D eigenvalue weighted by molar-refractivity contribution is 9.10. The highest BCUT2D eigenvalue weighted by Gasteiger charge is 2.08. The quantitative estimate of drug-likeness (QED) is 0.714. The van der Waals surface area contributed by atoms with Crippen LogP contribution in [0, 0.1) is 6.92 Å². The van der Waals surface area contributed by atoms with Crippen molar-refractivity contribution in [2.75, 3.05) is 19.7 Å². The predicted octanol–water partition coefficient (Wildman–Crippen LogP) is 2.68. The molecule has 0 heterocycles. The van der Waals surface area contributed by atoms with Gasteiger partial charge in [0.15, 0.2) is 6.61 Å². The standard InChI is InChI=1S/C18H19BrN2O3/c1-13-6-8-14(9-7-13)24-12-17(22)20-10-11-21-18(23)15-4-2-3-5-16(15)19/h2-9H,10-12H2,1H3,(H,20,22)(H,21,23). The Bertz CT molecular complexity index is 702. The molecular weight excluding hydrogens is 372 g/mol. The van der Waals surface area contributed by atoms with Crippen LogP contribution in [0.25, 0.3) is 0 Å². The zero-order valence-electron chi connectivity index (χ0n) is 13.3. The molecule has 2 aromatic rings. The fraction of sp³-hybridized carbons (Fsp3) is 0.222. The highest BCUT2D eigenvalue weighted by atomic mass is 79.9. The van der Waals surface area contributed by atoms with E-state index in [-0.39, 0.29) is 18.4 Å². The largest absolute Gasteiger partial charge is 0.484 e. The first-order valence-corrected chi connectivity index (χ1v) is 8.34. The number of benzene rings is 2. The molecule has 0 aromatic heterocycles. The summed E-state index contributed by atoms with van der Waals surface area (Å²) in [6.07, 6.45) is 0. The van der Waals surface area contributed by atoms with Crippen LogP contribution in [0.1, 0.15) is 15.9 Å². The lowest BCUT2D eigenvalue weighted by Crippen LogP contribution is -2.36. The SMILES string of the molecule is Cc1ccc(OCC(=O)NCCNC(=O)c2ccccc2Br)cc1. The Morgan fingerprint density at radius 1 is 1.00 bits per heavy atom. The van der Waals surface area contributed by atoms with E-state index in [1.165, 1.54) is 0 Å². The van der Waals surface area contributed by atoms with E-state index in [0.717, 1.165) is 10.0 Å². The summed E-state index contributed by atoms with van der Waals surface area (Å²) in [5.74, 6) is 0.233. The first-order chi connectivity index (χ1) is 11.6. The number of carbonyl (C=O) groups is 2. The number of hydrogen-bond acceptors (Lipinski definition) is 3. The maximum Gasteiger partial charge on any atom is 0.258 e. The number of ether oxygens (including phenoxy) is 1. The van der Waals surface area contributed by atoms with Gasteiger partial charge in [-0.15, -0.1) is 0 Å². The molecule has 5 nitrogen and oxygen atoms in total. The summed E-state index contributed by atoms with van der Waals surface area (Å²) in [6.45, 7) is 2.61. The monoisotopic (exact) mass is 390 g/mol. The molecule has 0 saturated heterocycles. The summed E-state index contributed by atoms with van der Waals surface area (Å²) in [4.78, 5) is 23.7. The molecule has 2 amide bonds. The molecule has 0 fully saturated rings. The molecule has 2 rings (SSSR count). The molecule has 0 atom stereocenters. The van der Waals surface area contributed by atoms with Gasteiger partial charge in [0, 0.05) is 17.6 Å². The first-order valence-electron chi connectivity index (χ1n) is 7.55. The van der Waals surface area contributed by atoms with Crippen molar-refractivity contribution >= 4 is 27.7 Å². The van der Waals surface area contributed by atoms with Gasteiger partial charge < -0.3 is 15.4 Å². The van der Waals surface area contributed by atoms with Gasteiger partial charge in [-0.3, -0.25) is 9.59 Å². The first kappa shape index (κ1) is 18.0. The van der Waals surface area contributed by atoms with Gasteiger partial charge in [0.05, 0.1) is 5.56 Å². The van der Waals surface area contributed by atoms with Gasteiger partial charge in [-0.1, -0.05) is 29.8 Å². The summed E-state index contributed by atoms with van der Waals surface area (Å²) in [7, 11) is 0. The second-order valence-corrected chi connectivity index (χ2v) is 6.04. The van der Waals surface area contributed by atoms with Crippen LogP contribution in [0.5, 0.6) is 5.75 Å². The Balaban J connectivity index is 1.65. The third-order valence-corrected chi connectivity index (χ3v) is 3.93. The van der Waals surface area contributed by atoms with Crippen LogP contribution in [-0.2, 0) is 4.79 Å². The maximum absolute atomic E-state index is 12.0. The van der Waals surface area contributed by atoms with Crippen molar-refractivity contribution in [3.05, 3.63) is 64.1 Å². The van der Waals surface area contributed by atoms with E-state index in [1.807, 2.05) is 37.3 Å². The molecule has 0 aliphatic rings. The van der Waals surface area contributed by atoms with Crippen molar-refractivity contribution in [1.29, 1.82) is 0 Å². The van der Waals surface area contributed by atoms with E-state index in [2.05, 4.69) is 26.6 Å². The second-order valence-electron chi connectivity index (χ2n) is 5.19. The van der Waals surface area contributed by atoms with Crippen LogP contribution in [0.4, 0.5) is 0 Å². The Morgan fingerprint density at radius 2 is 1.67 bits per heavy atom. The number of nitrogens with one attached hydrogen (secondary N) is 2. The van der Waals surface area contributed by atoms with Crippen LogP contribution in [-0.4, -0.2) is 31.5 Å². The minimum Gasteiger partial charge on any atom is -0.484 e. The smallest absolute Gasteiger partial charge is 0.258 e. The number of rotatable bonds is 7. The van der Waals surface area contributed by atoms with E-state index in [4.69, 9.17) is 4.74 Å². The van der Waals surface area contributed by atoms with Crippen molar-refractivity contribution in [2.24, 2.45) is 0 Å². The number of halogens is 1. The molecule has 0 bridgehead atoms. The van der Waals surface area contributed by atoms with Crippen molar-refractivity contribution in [3.63, 3.8) is 0 Å². The highest BCUT2D eigenvalue weighted by Crippen LogP contribution is 2.15. The molecule has 24 heavy (non-hydrogen) atoms. The number of amides is 2. The number of aryl methyl sites for hydroxylation is 1. The fourth-order valence-electron chi connectivity index (χ4n) is 1.95. The molecule has 126 valence electrons. The van der Waals surface area contributed by atoms with E-state index < -0.39 is 0 Å². The third kappa shape index (κ3) is 5.70. The van der Waals surface area contributed by atoms with Gasteiger partial charge >= 0.3 is 0 Å². The molecule has 0 spiro atoms. The second kappa shape index (κ2) is 9.08. The minimum absolute atomic E-state index is 0.0543. The van der Waals surface area contributed by atoms with Crippen molar-refractivity contribution in [3.8, 4) is 5.75 Å². The van der Waals surface area contributed by atoms with E-state index in [0.29, 0.717) is 24.4 Å². The Kier molecular flexibility index (Phi) is 6.81. The van der Waals surface area contributed by atoms with Crippen LogP contribution in [0.15, 0.2) is 53.0 Å². The molecule has 0 unspecified atom stereocenters. The van der Waals surface area contributed by atoms with Crippen LogP contribution < -0.4 is 15.4 Å². The summed E-state index contributed by atoms with van der Waals surface area (Å²) in [5, 5.41) is 5.45. The molecule has 0 radical (unpaired) electrons. The van der Waals surface area contributed by atoms with Gasteiger partial charge in [-0.2, -0.15) is 0 Å². The summed E-state index contributed by atoms with van der Waals surface area (Å²) in [6, 6.07) is 14.7. The summed E-state index contributed by atoms with van der Waals surface area (Å²) < 4.78 is 6.11. The summed E-state index contributed by atoms with van der Waals surface area (Å²) in [5.41, 5.74) is 1.69. The Morgan fingerprint density at radius 3 is 2.38 bits per heavy atom. The molecule has 2 aromatic carbocycles. The third-order valence-electron chi connectivity index (χ3n) is 3.24. The molecule has 6 heteroatoms. The summed E-state index contributed by atoms with van der Waals surface area (Å²) >= 11 is 3.33. The van der Waals surface area contributed by atoms with Crippen LogP contribution >= 0.6 is 15.9 Å². The molecule has 2 N–H and O–H groups in total.